The molecule has 0 radical (unpaired) electrons. The van der Waals surface area contributed by atoms with Crippen LogP contribution in [-0.2, 0) is 6.54 Å². The minimum Gasteiger partial charge on any atom is -0.354 e. The summed E-state index contributed by atoms with van der Waals surface area (Å²) < 4.78 is 2.12. The van der Waals surface area contributed by atoms with Crippen LogP contribution in [0.1, 0.15) is 44.0 Å². The molecule has 0 amide bonds. The maximum atomic E-state index is 4.66. The molecule has 132 valence electrons. The Morgan fingerprint density at radius 2 is 2.21 bits per heavy atom. The van der Waals surface area contributed by atoms with Crippen molar-refractivity contribution in [2.75, 3.05) is 7.05 Å². The van der Waals surface area contributed by atoms with Crippen LogP contribution in [0.4, 0.5) is 0 Å². The Morgan fingerprint density at radius 1 is 1.38 bits per heavy atom. The van der Waals surface area contributed by atoms with Gasteiger partial charge in [0.1, 0.15) is 5.65 Å². The monoisotopic (exact) mass is 441 g/mol. The van der Waals surface area contributed by atoms with E-state index >= 15 is 0 Å². The van der Waals surface area contributed by atoms with E-state index in [1.807, 2.05) is 19.2 Å². The van der Waals surface area contributed by atoms with Crippen molar-refractivity contribution in [2.45, 2.75) is 52.1 Å². The van der Waals surface area contributed by atoms with E-state index in [-0.39, 0.29) is 24.0 Å². The first-order valence-electron chi connectivity index (χ1n) is 8.56. The molecule has 2 heterocycles. The van der Waals surface area contributed by atoms with E-state index in [4.69, 9.17) is 0 Å². The number of aliphatic imine (C=N–C) groups is 1. The first-order valence-corrected chi connectivity index (χ1v) is 8.56. The van der Waals surface area contributed by atoms with Crippen molar-refractivity contribution in [2.24, 2.45) is 10.9 Å². The highest BCUT2D eigenvalue weighted by atomic mass is 127. The first-order chi connectivity index (χ1) is 11.2. The number of hydrogen-bond acceptors (Lipinski definition) is 2. The van der Waals surface area contributed by atoms with Gasteiger partial charge >= 0.3 is 0 Å². The summed E-state index contributed by atoms with van der Waals surface area (Å²) in [5, 5.41) is 6.95. The maximum Gasteiger partial charge on any atom is 0.191 e. The van der Waals surface area contributed by atoms with Crippen LogP contribution in [0, 0.1) is 12.8 Å². The number of rotatable bonds is 3. The van der Waals surface area contributed by atoms with Crippen molar-refractivity contribution in [1.29, 1.82) is 0 Å². The van der Waals surface area contributed by atoms with Crippen molar-refractivity contribution < 1.29 is 0 Å². The zero-order valence-corrected chi connectivity index (χ0v) is 17.1. The smallest absolute Gasteiger partial charge is 0.191 e. The Hall–Kier alpha value is -1.31. The lowest BCUT2D eigenvalue weighted by molar-refractivity contribution is 0.324. The fourth-order valence-corrected chi connectivity index (χ4v) is 3.41. The molecule has 6 heteroatoms. The molecule has 0 aromatic carbocycles. The standard InChI is InChI=1S/C18H27N5.HI/c1-13-6-4-8-15(10-13)22-18(19-3)20-11-16-12-23-14(2)7-5-9-17(23)21-16;/h5,7,9,12-13,15H,4,6,8,10-11H2,1-3H3,(H2,19,20,22);1H. The number of fused-ring (bicyclic) bond motifs is 1. The van der Waals surface area contributed by atoms with Crippen LogP contribution in [0.15, 0.2) is 29.4 Å². The van der Waals surface area contributed by atoms with Crippen LogP contribution in [0.5, 0.6) is 0 Å². The highest BCUT2D eigenvalue weighted by molar-refractivity contribution is 14.0. The molecular formula is C18H28IN5. The molecule has 5 nitrogen and oxygen atoms in total. The lowest BCUT2D eigenvalue weighted by atomic mass is 9.87. The minimum absolute atomic E-state index is 0. The van der Waals surface area contributed by atoms with Crippen LogP contribution < -0.4 is 10.6 Å². The fourth-order valence-electron chi connectivity index (χ4n) is 3.41. The Morgan fingerprint density at radius 3 is 2.92 bits per heavy atom. The number of aromatic nitrogens is 2. The van der Waals surface area contributed by atoms with Gasteiger partial charge in [0, 0.05) is 25.0 Å². The summed E-state index contributed by atoms with van der Waals surface area (Å²) in [5.74, 6) is 1.68. The Bertz CT molecular complexity index is 694. The van der Waals surface area contributed by atoms with Crippen LogP contribution in [0.2, 0.25) is 0 Å². The van der Waals surface area contributed by atoms with E-state index in [0.29, 0.717) is 12.6 Å². The lowest BCUT2D eigenvalue weighted by Crippen LogP contribution is -2.44. The van der Waals surface area contributed by atoms with Crippen LogP contribution in [-0.4, -0.2) is 28.4 Å². The Kier molecular flexibility index (Phi) is 6.89. The van der Waals surface area contributed by atoms with Crippen LogP contribution in [0.3, 0.4) is 0 Å². The molecule has 0 saturated heterocycles. The van der Waals surface area contributed by atoms with E-state index in [9.17, 15) is 0 Å². The average molecular weight is 441 g/mol. The summed E-state index contributed by atoms with van der Waals surface area (Å²) in [4.78, 5) is 9.01. The molecule has 2 aromatic heterocycles. The average Bonchev–Trinajstić information content (AvgIpc) is 2.96. The summed E-state index contributed by atoms with van der Waals surface area (Å²) in [6.07, 6.45) is 7.22. The molecule has 0 bridgehead atoms. The molecule has 1 saturated carbocycles. The number of aryl methyl sites for hydroxylation is 1. The molecular weight excluding hydrogens is 413 g/mol. The predicted octanol–water partition coefficient (Wildman–Crippen LogP) is 3.50. The van der Waals surface area contributed by atoms with Gasteiger partial charge in [-0.05, 0) is 37.8 Å². The van der Waals surface area contributed by atoms with E-state index in [1.54, 1.807) is 0 Å². The second kappa shape index (κ2) is 8.69. The Balaban J connectivity index is 0.00000208. The molecule has 2 N–H and O–H groups in total. The summed E-state index contributed by atoms with van der Waals surface area (Å²) in [6, 6.07) is 6.71. The Labute approximate surface area is 161 Å². The second-order valence-corrected chi connectivity index (χ2v) is 6.67. The number of pyridine rings is 1. The highest BCUT2D eigenvalue weighted by Gasteiger charge is 2.19. The van der Waals surface area contributed by atoms with Gasteiger partial charge in [0.05, 0.1) is 12.2 Å². The number of imidazole rings is 1. The summed E-state index contributed by atoms with van der Waals surface area (Å²) >= 11 is 0. The molecule has 24 heavy (non-hydrogen) atoms. The normalized spacial score (nSPS) is 21.4. The van der Waals surface area contributed by atoms with Crippen LogP contribution in [0.25, 0.3) is 5.65 Å². The highest BCUT2D eigenvalue weighted by Crippen LogP contribution is 2.23. The number of nitrogens with zero attached hydrogens (tertiary/aromatic N) is 3. The molecule has 1 fully saturated rings. The van der Waals surface area contributed by atoms with E-state index in [0.717, 1.165) is 23.2 Å². The van der Waals surface area contributed by atoms with E-state index in [1.165, 1.54) is 31.4 Å². The van der Waals surface area contributed by atoms with Gasteiger partial charge in [0.2, 0.25) is 0 Å². The van der Waals surface area contributed by atoms with Crippen LogP contribution >= 0.6 is 24.0 Å². The first kappa shape index (κ1) is 19.0. The quantitative estimate of drug-likeness (QED) is 0.436. The van der Waals surface area contributed by atoms with Gasteiger partial charge in [0.15, 0.2) is 5.96 Å². The molecule has 3 rings (SSSR count). The largest absolute Gasteiger partial charge is 0.354 e. The molecule has 2 atom stereocenters. The molecule has 0 spiro atoms. The maximum absolute atomic E-state index is 4.66. The molecule has 0 aliphatic heterocycles. The van der Waals surface area contributed by atoms with Gasteiger partial charge in [-0.1, -0.05) is 25.8 Å². The summed E-state index contributed by atoms with van der Waals surface area (Å²) in [7, 11) is 1.83. The minimum atomic E-state index is 0. The third-order valence-corrected chi connectivity index (χ3v) is 4.68. The fraction of sp³-hybridized carbons (Fsp3) is 0.556. The van der Waals surface area contributed by atoms with Gasteiger partial charge in [-0.25, -0.2) is 4.98 Å². The zero-order valence-electron chi connectivity index (χ0n) is 14.7. The van der Waals surface area contributed by atoms with Crippen molar-refractivity contribution in [3.8, 4) is 0 Å². The van der Waals surface area contributed by atoms with Gasteiger partial charge in [-0.15, -0.1) is 24.0 Å². The van der Waals surface area contributed by atoms with Gasteiger partial charge < -0.3 is 15.0 Å². The van der Waals surface area contributed by atoms with Crippen molar-refractivity contribution in [3.63, 3.8) is 0 Å². The third-order valence-electron chi connectivity index (χ3n) is 4.68. The van der Waals surface area contributed by atoms with Gasteiger partial charge in [-0.3, -0.25) is 4.99 Å². The number of halogens is 1. The predicted molar refractivity (Wildman–Crippen MR) is 110 cm³/mol. The van der Waals surface area contributed by atoms with Crippen molar-refractivity contribution >= 4 is 35.6 Å². The third kappa shape index (κ3) is 4.62. The van der Waals surface area contributed by atoms with Gasteiger partial charge in [-0.2, -0.15) is 0 Å². The number of nitrogens with one attached hydrogen (secondary N) is 2. The topological polar surface area (TPSA) is 53.7 Å². The number of guanidine groups is 1. The molecule has 2 unspecified atom stereocenters. The van der Waals surface area contributed by atoms with Crippen molar-refractivity contribution in [1.82, 2.24) is 20.0 Å². The van der Waals surface area contributed by atoms with E-state index in [2.05, 4.69) is 51.1 Å². The molecule has 1 aliphatic rings. The SMILES string of the molecule is CN=C(NCc1cn2c(C)cccc2n1)NC1CCCC(C)C1.I. The molecule has 1 aliphatic carbocycles. The number of hydrogen-bond donors (Lipinski definition) is 2. The lowest BCUT2D eigenvalue weighted by Gasteiger charge is -2.28. The summed E-state index contributed by atoms with van der Waals surface area (Å²) in [5.41, 5.74) is 3.21. The summed E-state index contributed by atoms with van der Waals surface area (Å²) in [6.45, 7) is 5.11. The van der Waals surface area contributed by atoms with Crippen molar-refractivity contribution in [3.05, 3.63) is 35.8 Å². The second-order valence-electron chi connectivity index (χ2n) is 6.67. The molecule has 2 aromatic rings. The van der Waals surface area contributed by atoms with E-state index < -0.39 is 0 Å². The van der Waals surface area contributed by atoms with Gasteiger partial charge in [0.25, 0.3) is 0 Å². The zero-order chi connectivity index (χ0) is 16.2.